The van der Waals surface area contributed by atoms with Crippen LogP contribution >= 0.6 is 11.6 Å². The topological polar surface area (TPSA) is 72.9 Å². The van der Waals surface area contributed by atoms with Crippen molar-refractivity contribution in [1.29, 1.82) is 0 Å². The maximum absolute atomic E-state index is 11.5. The largest absolute Gasteiger partial charge is 0.478 e. The number of carboxylic acids is 1. The molecule has 0 radical (unpaired) electrons. The number of carbonyl (C=O) groups excluding carboxylic acids is 1. The summed E-state index contributed by atoms with van der Waals surface area (Å²) in [5.74, 6) is -1.25. The van der Waals surface area contributed by atoms with Gasteiger partial charge in [-0.25, -0.2) is 4.79 Å². The Bertz CT molecular complexity index is 877. The van der Waals surface area contributed by atoms with E-state index in [0.717, 1.165) is 42.6 Å². The number of nitrogens with zero attached hydrogens (tertiary/aromatic N) is 2. The molecule has 0 aromatic heterocycles. The molecule has 0 saturated carbocycles. The molecule has 0 spiro atoms. The van der Waals surface area contributed by atoms with Crippen molar-refractivity contribution in [2.45, 2.75) is 13.8 Å². The van der Waals surface area contributed by atoms with E-state index in [9.17, 15) is 14.7 Å². The van der Waals surface area contributed by atoms with Gasteiger partial charge in [-0.15, -0.1) is 0 Å². The number of carbonyl (C=O) groups is 2. The van der Waals surface area contributed by atoms with Gasteiger partial charge >= 0.3 is 5.97 Å². The van der Waals surface area contributed by atoms with Gasteiger partial charge in [-0.05, 0) is 42.8 Å². The molecule has 7 heteroatoms. The van der Waals surface area contributed by atoms with Crippen LogP contribution in [0.1, 0.15) is 22.8 Å². The van der Waals surface area contributed by atoms with Crippen LogP contribution in [0, 0.1) is 6.92 Å². The van der Waals surface area contributed by atoms with Crippen molar-refractivity contribution in [3.8, 4) is 0 Å². The summed E-state index contributed by atoms with van der Waals surface area (Å²) in [7, 11) is 0. The molecule has 0 aliphatic carbocycles. The van der Waals surface area contributed by atoms with Gasteiger partial charge in [-0.2, -0.15) is 0 Å². The Morgan fingerprint density at radius 2 is 1.63 bits per heavy atom. The maximum Gasteiger partial charge on any atom is 0.335 e. The molecule has 3 rings (SSSR count). The SMILES string of the molecule is CC(=O)Nc1cc(C(=O)O)ccc1N1CCN(c2cc(Cl)ccc2C)CC1. The van der Waals surface area contributed by atoms with Crippen molar-refractivity contribution in [3.63, 3.8) is 0 Å². The van der Waals surface area contributed by atoms with Crippen LogP contribution < -0.4 is 15.1 Å². The van der Waals surface area contributed by atoms with E-state index < -0.39 is 5.97 Å². The predicted octanol–water partition coefficient (Wildman–Crippen LogP) is 3.63. The lowest BCUT2D eigenvalue weighted by Gasteiger charge is -2.38. The first-order valence-electron chi connectivity index (χ1n) is 8.76. The third kappa shape index (κ3) is 4.34. The zero-order valence-electron chi connectivity index (χ0n) is 15.3. The minimum atomic E-state index is -1.02. The Balaban J connectivity index is 1.80. The number of carboxylic acid groups (broad SMARTS) is 1. The molecule has 6 nitrogen and oxygen atoms in total. The average Bonchev–Trinajstić information content (AvgIpc) is 2.63. The highest BCUT2D eigenvalue weighted by molar-refractivity contribution is 6.30. The molecule has 142 valence electrons. The summed E-state index contributed by atoms with van der Waals surface area (Å²) >= 11 is 6.14. The fraction of sp³-hybridized carbons (Fsp3) is 0.300. The monoisotopic (exact) mass is 387 g/mol. The number of hydrogen-bond acceptors (Lipinski definition) is 4. The Hall–Kier alpha value is -2.73. The Labute approximate surface area is 163 Å². The second kappa shape index (κ2) is 7.88. The Morgan fingerprint density at radius 3 is 2.22 bits per heavy atom. The number of nitrogens with one attached hydrogen (secondary N) is 1. The Kier molecular flexibility index (Phi) is 5.56. The standard InChI is InChI=1S/C20H22ClN3O3/c1-13-3-5-16(21)12-19(13)24-9-7-23(8-10-24)18-6-4-15(20(26)27)11-17(18)22-14(2)25/h3-6,11-12H,7-10H2,1-2H3,(H,22,25)(H,26,27). The lowest BCUT2D eigenvalue weighted by atomic mass is 10.1. The highest BCUT2D eigenvalue weighted by Gasteiger charge is 2.22. The quantitative estimate of drug-likeness (QED) is 0.838. The smallest absolute Gasteiger partial charge is 0.335 e. The molecule has 0 atom stereocenters. The van der Waals surface area contributed by atoms with Gasteiger partial charge in [-0.1, -0.05) is 17.7 Å². The summed E-state index contributed by atoms with van der Waals surface area (Å²) in [6.07, 6.45) is 0. The van der Waals surface area contributed by atoms with E-state index in [1.54, 1.807) is 12.1 Å². The zero-order valence-corrected chi connectivity index (χ0v) is 16.1. The highest BCUT2D eigenvalue weighted by atomic mass is 35.5. The predicted molar refractivity (Wildman–Crippen MR) is 108 cm³/mol. The minimum Gasteiger partial charge on any atom is -0.478 e. The van der Waals surface area contributed by atoms with E-state index in [4.69, 9.17) is 11.6 Å². The fourth-order valence-corrected chi connectivity index (χ4v) is 3.51. The number of aromatic carboxylic acids is 1. The number of anilines is 3. The van der Waals surface area contributed by atoms with Crippen molar-refractivity contribution in [1.82, 2.24) is 0 Å². The molecule has 1 aliphatic rings. The zero-order chi connectivity index (χ0) is 19.6. The third-order valence-corrected chi connectivity index (χ3v) is 4.92. The van der Waals surface area contributed by atoms with Crippen molar-refractivity contribution in [2.24, 2.45) is 0 Å². The van der Waals surface area contributed by atoms with E-state index >= 15 is 0 Å². The number of aryl methyl sites for hydroxylation is 1. The Morgan fingerprint density at radius 1 is 1.00 bits per heavy atom. The summed E-state index contributed by atoms with van der Waals surface area (Å²) < 4.78 is 0. The average molecular weight is 388 g/mol. The van der Waals surface area contributed by atoms with Crippen molar-refractivity contribution in [2.75, 3.05) is 41.3 Å². The molecular weight excluding hydrogens is 366 g/mol. The van der Waals surface area contributed by atoms with Gasteiger partial charge in [0.05, 0.1) is 16.9 Å². The summed E-state index contributed by atoms with van der Waals surface area (Å²) in [4.78, 5) is 27.2. The first-order valence-corrected chi connectivity index (χ1v) is 9.14. The molecule has 1 amide bonds. The first-order chi connectivity index (χ1) is 12.8. The van der Waals surface area contributed by atoms with Crippen molar-refractivity contribution in [3.05, 3.63) is 52.5 Å². The van der Waals surface area contributed by atoms with E-state index in [1.807, 2.05) is 18.2 Å². The maximum atomic E-state index is 11.5. The molecule has 1 fully saturated rings. The lowest BCUT2D eigenvalue weighted by Crippen LogP contribution is -2.47. The highest BCUT2D eigenvalue weighted by Crippen LogP contribution is 2.30. The first kappa shape index (κ1) is 19.0. The molecule has 1 saturated heterocycles. The number of amides is 1. The van der Waals surface area contributed by atoms with Crippen LogP contribution in [0.2, 0.25) is 5.02 Å². The number of piperazine rings is 1. The van der Waals surface area contributed by atoms with Gasteiger partial charge in [0.1, 0.15) is 0 Å². The van der Waals surface area contributed by atoms with Gasteiger partial charge in [0, 0.05) is 43.8 Å². The number of halogens is 1. The van der Waals surface area contributed by atoms with E-state index in [1.165, 1.54) is 18.6 Å². The van der Waals surface area contributed by atoms with E-state index in [0.29, 0.717) is 5.69 Å². The second-order valence-corrected chi connectivity index (χ2v) is 7.06. The van der Waals surface area contributed by atoms with Crippen LogP contribution in [-0.2, 0) is 4.79 Å². The molecule has 0 unspecified atom stereocenters. The summed E-state index contributed by atoms with van der Waals surface area (Å²) in [6.45, 7) is 6.60. The van der Waals surface area contributed by atoms with Gasteiger partial charge in [0.25, 0.3) is 0 Å². The molecule has 2 N–H and O–H groups in total. The van der Waals surface area contributed by atoms with Gasteiger partial charge < -0.3 is 20.2 Å². The number of benzene rings is 2. The fourth-order valence-electron chi connectivity index (χ4n) is 3.35. The molecule has 0 bridgehead atoms. The molecule has 1 heterocycles. The van der Waals surface area contributed by atoms with E-state index in [2.05, 4.69) is 22.0 Å². The van der Waals surface area contributed by atoms with Crippen molar-refractivity contribution < 1.29 is 14.7 Å². The van der Waals surface area contributed by atoms with Crippen LogP contribution in [-0.4, -0.2) is 43.2 Å². The third-order valence-electron chi connectivity index (χ3n) is 4.69. The van der Waals surface area contributed by atoms with Gasteiger partial charge in [0.2, 0.25) is 5.91 Å². The van der Waals surface area contributed by atoms with Gasteiger partial charge in [-0.3, -0.25) is 4.79 Å². The lowest BCUT2D eigenvalue weighted by molar-refractivity contribution is -0.114. The molecule has 2 aromatic carbocycles. The summed E-state index contributed by atoms with van der Waals surface area (Å²) in [5.41, 5.74) is 3.81. The van der Waals surface area contributed by atoms with Crippen LogP contribution in [0.5, 0.6) is 0 Å². The summed E-state index contributed by atoms with van der Waals surface area (Å²) in [5, 5.41) is 12.7. The summed E-state index contributed by atoms with van der Waals surface area (Å²) in [6, 6.07) is 10.7. The number of rotatable bonds is 4. The molecule has 27 heavy (non-hydrogen) atoms. The van der Waals surface area contributed by atoms with Crippen LogP contribution in [0.3, 0.4) is 0 Å². The van der Waals surface area contributed by atoms with Crippen LogP contribution in [0.25, 0.3) is 0 Å². The van der Waals surface area contributed by atoms with Crippen molar-refractivity contribution >= 4 is 40.5 Å². The minimum absolute atomic E-state index is 0.149. The van der Waals surface area contributed by atoms with Crippen LogP contribution in [0.4, 0.5) is 17.1 Å². The molecular formula is C20H22ClN3O3. The normalized spacial score (nSPS) is 14.2. The number of hydrogen-bond donors (Lipinski definition) is 2. The molecule has 1 aliphatic heterocycles. The molecule has 2 aromatic rings. The van der Waals surface area contributed by atoms with Gasteiger partial charge in [0.15, 0.2) is 0 Å². The van der Waals surface area contributed by atoms with E-state index in [-0.39, 0.29) is 11.5 Å². The second-order valence-electron chi connectivity index (χ2n) is 6.62. The van der Waals surface area contributed by atoms with Crippen LogP contribution in [0.15, 0.2) is 36.4 Å².